The van der Waals surface area contributed by atoms with Gasteiger partial charge in [-0.1, -0.05) is 25.4 Å². The van der Waals surface area contributed by atoms with Crippen LogP contribution in [-0.4, -0.2) is 37.0 Å². The largest absolute Gasteiger partial charge is 0.350 e. The van der Waals surface area contributed by atoms with Crippen molar-refractivity contribution in [3.63, 3.8) is 0 Å². The molecule has 2 rings (SSSR count). The Kier molecular flexibility index (Phi) is 5.56. The number of halogens is 2. The summed E-state index contributed by atoms with van der Waals surface area (Å²) in [6.45, 7) is 7.45. The molecule has 1 heterocycles. The van der Waals surface area contributed by atoms with Crippen LogP contribution in [0.15, 0.2) is 18.2 Å². The first-order valence-electron chi connectivity index (χ1n) is 6.94. The SMILES string of the molecule is CCN(CC)CCNC(=O)c1sc2cc(F)ccc2c1Cl. The van der Waals surface area contributed by atoms with Crippen LogP contribution in [0, 0.1) is 5.82 Å². The molecule has 0 radical (unpaired) electrons. The summed E-state index contributed by atoms with van der Waals surface area (Å²) in [5.74, 6) is -0.525. The van der Waals surface area contributed by atoms with Gasteiger partial charge in [0.05, 0.1) is 5.02 Å². The average molecular weight is 329 g/mol. The summed E-state index contributed by atoms with van der Waals surface area (Å²) < 4.78 is 13.9. The molecule has 0 aliphatic heterocycles. The Morgan fingerprint density at radius 2 is 2.10 bits per heavy atom. The molecular weight excluding hydrogens is 311 g/mol. The number of hydrogen-bond donors (Lipinski definition) is 1. The van der Waals surface area contributed by atoms with E-state index in [0.717, 1.165) is 25.0 Å². The monoisotopic (exact) mass is 328 g/mol. The van der Waals surface area contributed by atoms with Crippen LogP contribution in [-0.2, 0) is 0 Å². The summed E-state index contributed by atoms with van der Waals surface area (Å²) >= 11 is 7.44. The Hall–Kier alpha value is -1.17. The Labute approximate surface area is 132 Å². The average Bonchev–Trinajstić information content (AvgIpc) is 2.80. The maximum Gasteiger partial charge on any atom is 0.262 e. The third-order valence-corrected chi connectivity index (χ3v) is 5.06. The summed E-state index contributed by atoms with van der Waals surface area (Å²) in [5, 5.41) is 3.98. The van der Waals surface area contributed by atoms with Crippen molar-refractivity contribution in [2.45, 2.75) is 13.8 Å². The first kappa shape index (κ1) is 16.2. The number of benzene rings is 1. The lowest BCUT2D eigenvalue weighted by Crippen LogP contribution is -2.34. The molecule has 0 atom stereocenters. The second-order valence-corrected chi connectivity index (χ2v) is 6.10. The summed E-state index contributed by atoms with van der Waals surface area (Å²) in [5.41, 5.74) is 0. The van der Waals surface area contributed by atoms with Gasteiger partial charge in [0.25, 0.3) is 5.91 Å². The standard InChI is InChI=1S/C15H18ClFN2OS/c1-3-19(4-2)8-7-18-15(20)14-13(16)11-6-5-10(17)9-12(11)21-14/h5-6,9H,3-4,7-8H2,1-2H3,(H,18,20). The summed E-state index contributed by atoms with van der Waals surface area (Å²) in [4.78, 5) is 14.8. The van der Waals surface area contributed by atoms with E-state index in [1.54, 1.807) is 6.07 Å². The van der Waals surface area contributed by atoms with Gasteiger partial charge in [0, 0.05) is 23.2 Å². The predicted octanol–water partition coefficient (Wildman–Crippen LogP) is 3.77. The van der Waals surface area contributed by atoms with Gasteiger partial charge in [0.1, 0.15) is 10.7 Å². The molecular formula is C15H18ClFN2OS. The summed E-state index contributed by atoms with van der Waals surface area (Å²) in [6.07, 6.45) is 0. The number of rotatable bonds is 6. The van der Waals surface area contributed by atoms with E-state index < -0.39 is 0 Å². The highest BCUT2D eigenvalue weighted by Crippen LogP contribution is 2.35. The van der Waals surface area contributed by atoms with E-state index >= 15 is 0 Å². The molecule has 2 aromatic rings. The lowest BCUT2D eigenvalue weighted by molar-refractivity contribution is 0.0953. The minimum atomic E-state index is -0.325. The molecule has 0 spiro atoms. The van der Waals surface area contributed by atoms with Crippen molar-refractivity contribution in [1.82, 2.24) is 10.2 Å². The van der Waals surface area contributed by atoms with Crippen LogP contribution in [0.3, 0.4) is 0 Å². The number of carbonyl (C=O) groups excluding carboxylic acids is 1. The number of thiophene rings is 1. The second kappa shape index (κ2) is 7.20. The highest BCUT2D eigenvalue weighted by molar-refractivity contribution is 7.21. The van der Waals surface area contributed by atoms with Crippen LogP contribution in [0.5, 0.6) is 0 Å². The molecule has 3 nitrogen and oxygen atoms in total. The van der Waals surface area contributed by atoms with Crippen LogP contribution >= 0.6 is 22.9 Å². The molecule has 114 valence electrons. The van der Waals surface area contributed by atoms with E-state index in [1.807, 2.05) is 0 Å². The van der Waals surface area contributed by atoms with E-state index in [0.29, 0.717) is 21.1 Å². The van der Waals surface area contributed by atoms with Crippen molar-refractivity contribution in [1.29, 1.82) is 0 Å². The molecule has 1 aromatic heterocycles. The Balaban J connectivity index is 2.07. The minimum absolute atomic E-state index is 0.200. The van der Waals surface area contributed by atoms with Crippen LogP contribution in [0.4, 0.5) is 4.39 Å². The molecule has 0 aliphatic rings. The van der Waals surface area contributed by atoms with E-state index in [1.165, 1.54) is 23.5 Å². The number of amides is 1. The molecule has 0 fully saturated rings. The van der Waals surface area contributed by atoms with Gasteiger partial charge in [0.15, 0.2) is 0 Å². The fraction of sp³-hybridized carbons (Fsp3) is 0.400. The van der Waals surface area contributed by atoms with Crippen molar-refractivity contribution in [2.24, 2.45) is 0 Å². The second-order valence-electron chi connectivity index (χ2n) is 4.67. The van der Waals surface area contributed by atoms with Gasteiger partial charge in [-0.3, -0.25) is 4.79 Å². The van der Waals surface area contributed by atoms with E-state index in [-0.39, 0.29) is 11.7 Å². The van der Waals surface area contributed by atoms with Crippen LogP contribution < -0.4 is 5.32 Å². The lowest BCUT2D eigenvalue weighted by Gasteiger charge is -2.17. The van der Waals surface area contributed by atoms with E-state index in [2.05, 4.69) is 24.1 Å². The fourth-order valence-electron chi connectivity index (χ4n) is 2.13. The molecule has 1 aromatic carbocycles. The molecule has 6 heteroatoms. The number of fused-ring (bicyclic) bond motifs is 1. The fourth-order valence-corrected chi connectivity index (χ4v) is 3.59. The molecule has 0 unspecified atom stereocenters. The van der Waals surface area contributed by atoms with Gasteiger partial charge in [-0.2, -0.15) is 0 Å². The van der Waals surface area contributed by atoms with Crippen LogP contribution in [0.2, 0.25) is 5.02 Å². The van der Waals surface area contributed by atoms with Gasteiger partial charge in [0.2, 0.25) is 0 Å². The van der Waals surface area contributed by atoms with Crippen molar-refractivity contribution >= 4 is 38.9 Å². The zero-order valence-corrected chi connectivity index (χ0v) is 13.7. The smallest absolute Gasteiger partial charge is 0.262 e. The zero-order valence-electron chi connectivity index (χ0n) is 12.1. The van der Waals surface area contributed by atoms with E-state index in [9.17, 15) is 9.18 Å². The molecule has 0 bridgehead atoms. The normalized spacial score (nSPS) is 11.3. The Bertz CT molecular complexity index is 640. The maximum atomic E-state index is 13.2. The number of nitrogens with zero attached hydrogens (tertiary/aromatic N) is 1. The summed E-state index contributed by atoms with van der Waals surface area (Å²) in [6, 6.07) is 4.36. The molecule has 0 aliphatic carbocycles. The number of carbonyl (C=O) groups is 1. The zero-order chi connectivity index (χ0) is 15.4. The van der Waals surface area contributed by atoms with Crippen molar-refractivity contribution in [3.05, 3.63) is 33.9 Å². The van der Waals surface area contributed by atoms with Crippen LogP contribution in [0.25, 0.3) is 10.1 Å². The molecule has 0 saturated heterocycles. The maximum absolute atomic E-state index is 13.2. The first-order chi connectivity index (χ1) is 10.1. The number of hydrogen-bond acceptors (Lipinski definition) is 3. The quantitative estimate of drug-likeness (QED) is 0.875. The molecule has 1 amide bonds. The van der Waals surface area contributed by atoms with Crippen molar-refractivity contribution < 1.29 is 9.18 Å². The Morgan fingerprint density at radius 1 is 1.38 bits per heavy atom. The molecule has 0 saturated carbocycles. The van der Waals surface area contributed by atoms with Gasteiger partial charge >= 0.3 is 0 Å². The van der Waals surface area contributed by atoms with Gasteiger partial charge in [-0.15, -0.1) is 11.3 Å². The minimum Gasteiger partial charge on any atom is -0.350 e. The van der Waals surface area contributed by atoms with Crippen molar-refractivity contribution in [3.8, 4) is 0 Å². The lowest BCUT2D eigenvalue weighted by atomic mass is 10.2. The van der Waals surface area contributed by atoms with Crippen molar-refractivity contribution in [2.75, 3.05) is 26.2 Å². The third-order valence-electron chi connectivity index (χ3n) is 3.41. The van der Waals surface area contributed by atoms with E-state index in [4.69, 9.17) is 11.6 Å². The van der Waals surface area contributed by atoms with Gasteiger partial charge in [-0.05, 0) is 31.3 Å². The van der Waals surface area contributed by atoms with Crippen LogP contribution in [0.1, 0.15) is 23.5 Å². The molecule has 1 N–H and O–H groups in total. The summed E-state index contributed by atoms with van der Waals surface area (Å²) in [7, 11) is 0. The highest BCUT2D eigenvalue weighted by atomic mass is 35.5. The number of likely N-dealkylation sites (N-methyl/N-ethyl adjacent to an activating group) is 1. The third kappa shape index (κ3) is 3.73. The molecule has 21 heavy (non-hydrogen) atoms. The van der Waals surface area contributed by atoms with Gasteiger partial charge < -0.3 is 10.2 Å². The topological polar surface area (TPSA) is 32.3 Å². The first-order valence-corrected chi connectivity index (χ1v) is 8.14. The highest BCUT2D eigenvalue weighted by Gasteiger charge is 2.17. The van der Waals surface area contributed by atoms with Gasteiger partial charge in [-0.25, -0.2) is 4.39 Å². The Morgan fingerprint density at radius 3 is 2.76 bits per heavy atom. The number of nitrogens with one attached hydrogen (secondary N) is 1. The predicted molar refractivity (Wildman–Crippen MR) is 86.9 cm³/mol.